The molecule has 1 aliphatic heterocycles. The first kappa shape index (κ1) is 17.4. The minimum Gasteiger partial charge on any atom is -0.503 e. The first-order chi connectivity index (χ1) is 14.0. The summed E-state index contributed by atoms with van der Waals surface area (Å²) in [6.07, 6.45) is 1.43. The van der Waals surface area contributed by atoms with Crippen LogP contribution in [-0.4, -0.2) is 27.0 Å². The summed E-state index contributed by atoms with van der Waals surface area (Å²) in [7, 11) is 0. The Kier molecular flexibility index (Phi) is 3.85. The van der Waals surface area contributed by atoms with Gasteiger partial charge >= 0.3 is 0 Å². The van der Waals surface area contributed by atoms with Crippen LogP contribution in [0.2, 0.25) is 0 Å². The number of fused-ring (bicyclic) bond motifs is 1. The molecule has 29 heavy (non-hydrogen) atoms. The molecule has 0 spiro atoms. The van der Waals surface area contributed by atoms with Gasteiger partial charge in [-0.15, -0.1) is 10.2 Å². The lowest BCUT2D eigenvalue weighted by Crippen LogP contribution is -2.30. The molecule has 144 valence electrons. The third-order valence-electron chi connectivity index (χ3n) is 4.64. The Labute approximate surface area is 167 Å². The highest BCUT2D eigenvalue weighted by molar-refractivity contribution is 7.15. The Hall–Kier alpha value is -3.72. The fourth-order valence-electron chi connectivity index (χ4n) is 3.36. The molecule has 4 heterocycles. The summed E-state index contributed by atoms with van der Waals surface area (Å²) in [5.41, 5.74) is 0.406. The third-order valence-corrected chi connectivity index (χ3v) is 5.47. The summed E-state index contributed by atoms with van der Waals surface area (Å²) in [5, 5.41) is 20.2. The van der Waals surface area contributed by atoms with Gasteiger partial charge in [-0.1, -0.05) is 29.5 Å². The maximum atomic E-state index is 13.3. The molecule has 1 aliphatic rings. The van der Waals surface area contributed by atoms with E-state index in [1.165, 1.54) is 22.5 Å². The average molecular weight is 407 g/mol. The SMILES string of the molecule is Cc1nnc(N2C(=O)C(O)=C(C(=O)c3cc4ccccc4o3)C2c2ccco2)s1. The second-order valence-corrected chi connectivity index (χ2v) is 7.60. The van der Waals surface area contributed by atoms with E-state index in [0.29, 0.717) is 16.4 Å². The Morgan fingerprint density at radius 1 is 1.21 bits per heavy atom. The number of anilines is 1. The minimum atomic E-state index is -0.981. The number of hydrogen-bond donors (Lipinski definition) is 1. The van der Waals surface area contributed by atoms with E-state index in [0.717, 1.165) is 5.39 Å². The molecule has 1 N–H and O–H groups in total. The summed E-state index contributed by atoms with van der Waals surface area (Å²) in [6, 6.07) is 11.0. The standard InChI is InChI=1S/C20H13N3O5S/c1-10-21-22-20(29-10)23-16(13-7-4-8-27-13)15(18(25)19(23)26)17(24)14-9-11-5-2-3-6-12(11)28-14/h2-9,16,25H,1H3. The van der Waals surface area contributed by atoms with Crippen LogP contribution in [0, 0.1) is 6.92 Å². The van der Waals surface area contributed by atoms with E-state index in [1.807, 2.05) is 12.1 Å². The number of benzene rings is 1. The second-order valence-electron chi connectivity index (χ2n) is 6.44. The lowest BCUT2D eigenvalue weighted by molar-refractivity contribution is -0.117. The van der Waals surface area contributed by atoms with Crippen LogP contribution in [0.1, 0.15) is 27.4 Å². The van der Waals surface area contributed by atoms with Gasteiger partial charge in [-0.2, -0.15) is 0 Å². The number of aliphatic hydroxyl groups excluding tert-OH is 1. The molecule has 1 amide bonds. The van der Waals surface area contributed by atoms with Gasteiger partial charge in [0.2, 0.25) is 10.9 Å². The lowest BCUT2D eigenvalue weighted by atomic mass is 10.00. The molecule has 1 atom stereocenters. The number of aliphatic hydroxyl groups is 1. The van der Waals surface area contributed by atoms with Gasteiger partial charge in [-0.25, -0.2) is 0 Å². The number of carbonyl (C=O) groups excluding carboxylic acids is 2. The molecular weight excluding hydrogens is 394 g/mol. The van der Waals surface area contributed by atoms with Crippen LogP contribution < -0.4 is 4.90 Å². The number of Topliss-reactive ketones (excluding diaryl/α,β-unsaturated/α-hetero) is 1. The van der Waals surface area contributed by atoms with E-state index >= 15 is 0 Å². The Bertz CT molecular complexity index is 1250. The van der Waals surface area contributed by atoms with Gasteiger partial charge in [-0.05, 0) is 31.2 Å². The Balaban J connectivity index is 1.65. The van der Waals surface area contributed by atoms with E-state index in [9.17, 15) is 14.7 Å². The molecule has 8 nitrogen and oxygen atoms in total. The van der Waals surface area contributed by atoms with Crippen LogP contribution in [0.5, 0.6) is 0 Å². The number of amides is 1. The van der Waals surface area contributed by atoms with Crippen molar-refractivity contribution >= 4 is 39.1 Å². The molecule has 5 rings (SSSR count). The molecular formula is C20H13N3O5S. The van der Waals surface area contributed by atoms with Crippen molar-refractivity contribution in [2.45, 2.75) is 13.0 Å². The van der Waals surface area contributed by atoms with Gasteiger partial charge in [-0.3, -0.25) is 14.5 Å². The zero-order valence-electron chi connectivity index (χ0n) is 15.0. The second kappa shape index (κ2) is 6.42. The normalized spacial score (nSPS) is 16.9. The van der Waals surface area contributed by atoms with Crippen molar-refractivity contribution in [3.8, 4) is 0 Å². The van der Waals surface area contributed by atoms with Crippen LogP contribution in [-0.2, 0) is 4.79 Å². The van der Waals surface area contributed by atoms with Crippen molar-refractivity contribution in [3.05, 3.63) is 76.6 Å². The van der Waals surface area contributed by atoms with E-state index in [4.69, 9.17) is 8.83 Å². The van der Waals surface area contributed by atoms with Crippen molar-refractivity contribution in [2.24, 2.45) is 0 Å². The molecule has 3 aromatic heterocycles. The lowest BCUT2D eigenvalue weighted by Gasteiger charge is -2.21. The molecule has 1 unspecified atom stereocenters. The first-order valence-electron chi connectivity index (χ1n) is 8.68. The number of aromatic nitrogens is 2. The van der Waals surface area contributed by atoms with Gasteiger partial charge in [0.25, 0.3) is 5.91 Å². The molecule has 0 fully saturated rings. The maximum absolute atomic E-state index is 13.3. The predicted octanol–water partition coefficient (Wildman–Crippen LogP) is 3.97. The van der Waals surface area contributed by atoms with Crippen molar-refractivity contribution in [1.82, 2.24) is 10.2 Å². The number of para-hydroxylation sites is 1. The van der Waals surface area contributed by atoms with Crippen LogP contribution in [0.4, 0.5) is 5.13 Å². The zero-order chi connectivity index (χ0) is 20.1. The van der Waals surface area contributed by atoms with Crippen LogP contribution in [0.3, 0.4) is 0 Å². The third kappa shape index (κ3) is 2.66. The number of ketones is 1. The molecule has 4 aromatic rings. The molecule has 0 saturated heterocycles. The summed E-state index contributed by atoms with van der Waals surface area (Å²) in [5.74, 6) is -1.67. The Morgan fingerprint density at radius 3 is 2.72 bits per heavy atom. The van der Waals surface area contributed by atoms with Crippen molar-refractivity contribution in [1.29, 1.82) is 0 Å². The molecule has 9 heteroatoms. The summed E-state index contributed by atoms with van der Waals surface area (Å²) < 4.78 is 11.1. The average Bonchev–Trinajstić information content (AvgIpc) is 3.49. The molecule has 1 aromatic carbocycles. The van der Waals surface area contributed by atoms with Crippen LogP contribution >= 0.6 is 11.3 Å². The van der Waals surface area contributed by atoms with Gasteiger partial charge in [0.15, 0.2) is 11.5 Å². The minimum absolute atomic E-state index is 0.0207. The maximum Gasteiger partial charge on any atom is 0.296 e. The zero-order valence-corrected chi connectivity index (χ0v) is 15.8. The Morgan fingerprint density at radius 2 is 2.03 bits per heavy atom. The fraction of sp³-hybridized carbons (Fsp3) is 0.100. The number of hydrogen-bond acceptors (Lipinski definition) is 8. The van der Waals surface area contributed by atoms with Crippen molar-refractivity contribution in [2.75, 3.05) is 4.90 Å². The number of aryl methyl sites for hydroxylation is 1. The number of carbonyl (C=O) groups is 2. The van der Waals surface area contributed by atoms with Crippen molar-refractivity contribution in [3.63, 3.8) is 0 Å². The highest BCUT2D eigenvalue weighted by atomic mass is 32.1. The van der Waals surface area contributed by atoms with Gasteiger partial charge in [0.05, 0.1) is 11.8 Å². The largest absolute Gasteiger partial charge is 0.503 e. The van der Waals surface area contributed by atoms with Crippen molar-refractivity contribution < 1.29 is 23.5 Å². The summed E-state index contributed by atoms with van der Waals surface area (Å²) in [4.78, 5) is 27.4. The van der Waals surface area contributed by atoms with Crippen LogP contribution in [0.15, 0.2) is 68.9 Å². The summed E-state index contributed by atoms with van der Waals surface area (Å²) >= 11 is 1.17. The predicted molar refractivity (Wildman–Crippen MR) is 104 cm³/mol. The quantitative estimate of drug-likeness (QED) is 0.510. The highest BCUT2D eigenvalue weighted by Crippen LogP contribution is 2.43. The highest BCUT2D eigenvalue weighted by Gasteiger charge is 2.48. The van der Waals surface area contributed by atoms with E-state index in [1.54, 1.807) is 37.3 Å². The first-order valence-corrected chi connectivity index (χ1v) is 9.49. The number of rotatable bonds is 4. The number of furan rings is 2. The fourth-order valence-corrected chi connectivity index (χ4v) is 4.07. The number of nitrogens with zero attached hydrogens (tertiary/aromatic N) is 3. The molecule has 0 aliphatic carbocycles. The molecule has 0 bridgehead atoms. The molecule has 0 saturated carbocycles. The van der Waals surface area contributed by atoms with E-state index in [2.05, 4.69) is 10.2 Å². The van der Waals surface area contributed by atoms with E-state index < -0.39 is 23.5 Å². The smallest absolute Gasteiger partial charge is 0.296 e. The van der Waals surface area contributed by atoms with Crippen LogP contribution in [0.25, 0.3) is 11.0 Å². The van der Waals surface area contributed by atoms with Gasteiger partial charge < -0.3 is 13.9 Å². The van der Waals surface area contributed by atoms with E-state index in [-0.39, 0.29) is 16.5 Å². The van der Waals surface area contributed by atoms with Gasteiger partial charge in [0, 0.05) is 5.39 Å². The topological polar surface area (TPSA) is 110 Å². The summed E-state index contributed by atoms with van der Waals surface area (Å²) in [6.45, 7) is 1.75. The monoisotopic (exact) mass is 407 g/mol. The molecule has 0 radical (unpaired) electrons. The van der Waals surface area contributed by atoms with Gasteiger partial charge in [0.1, 0.15) is 22.4 Å².